The summed E-state index contributed by atoms with van der Waals surface area (Å²) in [6.07, 6.45) is 0.476. The van der Waals surface area contributed by atoms with Crippen LogP contribution in [0.15, 0.2) is 0 Å². The molecule has 0 aromatic carbocycles. The fraction of sp³-hybridized carbons (Fsp3) is 0.833. The van der Waals surface area contributed by atoms with Crippen molar-refractivity contribution in [2.75, 3.05) is 6.54 Å². The summed E-state index contributed by atoms with van der Waals surface area (Å²) in [5.74, 6) is -0.963. The monoisotopic (exact) mass is 244 g/mol. The van der Waals surface area contributed by atoms with Crippen molar-refractivity contribution in [1.82, 2.24) is 10.6 Å². The highest BCUT2D eigenvalue weighted by molar-refractivity contribution is 5.79. The van der Waals surface area contributed by atoms with Crippen LogP contribution in [-0.2, 0) is 9.59 Å². The third kappa shape index (κ3) is 9.81. The Kier molecular flexibility index (Phi) is 5.61. The summed E-state index contributed by atoms with van der Waals surface area (Å²) in [6, 6.07) is 0. The van der Waals surface area contributed by atoms with Gasteiger partial charge in [0.1, 0.15) is 0 Å². The molecule has 100 valence electrons. The molecule has 0 bridgehead atoms. The number of amides is 1. The number of carboxylic acids is 1. The van der Waals surface area contributed by atoms with Gasteiger partial charge in [-0.25, -0.2) is 0 Å². The molecule has 0 aliphatic carbocycles. The Hall–Kier alpha value is -1.10. The lowest BCUT2D eigenvalue weighted by molar-refractivity contribution is -0.137. The summed E-state index contributed by atoms with van der Waals surface area (Å²) in [4.78, 5) is 22.1. The predicted molar refractivity (Wildman–Crippen MR) is 66.8 cm³/mol. The molecule has 0 atom stereocenters. The van der Waals surface area contributed by atoms with E-state index in [1.807, 2.05) is 34.6 Å². The molecule has 0 aliphatic heterocycles. The Balaban J connectivity index is 4.05. The number of nitrogens with one attached hydrogen (secondary N) is 2. The number of carbonyl (C=O) groups is 2. The summed E-state index contributed by atoms with van der Waals surface area (Å²) in [5, 5.41) is 14.5. The molecular formula is C12H24N2O3. The topological polar surface area (TPSA) is 78.4 Å². The van der Waals surface area contributed by atoms with E-state index in [0.29, 0.717) is 6.42 Å². The molecule has 0 radical (unpaired) electrons. The van der Waals surface area contributed by atoms with Gasteiger partial charge < -0.3 is 15.7 Å². The zero-order chi connectivity index (χ0) is 13.7. The van der Waals surface area contributed by atoms with E-state index in [4.69, 9.17) is 5.11 Å². The first kappa shape index (κ1) is 15.9. The summed E-state index contributed by atoms with van der Waals surface area (Å²) in [5.41, 5.74) is -0.600. The van der Waals surface area contributed by atoms with Gasteiger partial charge in [0, 0.05) is 17.5 Å². The Labute approximate surface area is 103 Å². The van der Waals surface area contributed by atoms with Gasteiger partial charge in [0.2, 0.25) is 5.91 Å². The highest BCUT2D eigenvalue weighted by Crippen LogP contribution is 2.10. The van der Waals surface area contributed by atoms with Gasteiger partial charge >= 0.3 is 5.97 Å². The van der Waals surface area contributed by atoms with Gasteiger partial charge in [-0.2, -0.15) is 0 Å². The van der Waals surface area contributed by atoms with Crippen LogP contribution in [0.5, 0.6) is 0 Å². The fourth-order valence-corrected chi connectivity index (χ4v) is 1.25. The minimum absolute atomic E-state index is 0.0555. The molecule has 5 nitrogen and oxygen atoms in total. The lowest BCUT2D eigenvalue weighted by Crippen LogP contribution is -2.50. The molecule has 17 heavy (non-hydrogen) atoms. The van der Waals surface area contributed by atoms with Crippen LogP contribution in [0.3, 0.4) is 0 Å². The number of rotatable bonds is 6. The summed E-state index contributed by atoms with van der Waals surface area (Å²) >= 11 is 0. The molecule has 0 spiro atoms. The molecule has 1 amide bonds. The first-order chi connectivity index (χ1) is 7.52. The van der Waals surface area contributed by atoms with E-state index in [1.54, 1.807) is 0 Å². The number of carbonyl (C=O) groups excluding carboxylic acids is 1. The van der Waals surface area contributed by atoms with Crippen LogP contribution in [0.25, 0.3) is 0 Å². The van der Waals surface area contributed by atoms with Crippen molar-refractivity contribution in [1.29, 1.82) is 0 Å². The van der Waals surface area contributed by atoms with Crippen molar-refractivity contribution in [3.8, 4) is 0 Å². The van der Waals surface area contributed by atoms with Crippen LogP contribution < -0.4 is 10.6 Å². The first-order valence-electron chi connectivity index (χ1n) is 5.80. The van der Waals surface area contributed by atoms with Crippen LogP contribution >= 0.6 is 0 Å². The maximum atomic E-state index is 11.6. The summed E-state index contributed by atoms with van der Waals surface area (Å²) in [6.45, 7) is 9.83. The molecule has 0 saturated heterocycles. The van der Waals surface area contributed by atoms with Gasteiger partial charge in [0.05, 0.1) is 6.54 Å². The van der Waals surface area contributed by atoms with Crippen LogP contribution in [0.1, 0.15) is 47.5 Å². The van der Waals surface area contributed by atoms with E-state index in [2.05, 4.69) is 10.6 Å². The Morgan fingerprint density at radius 3 is 2.06 bits per heavy atom. The second-order valence-electron chi connectivity index (χ2n) is 5.93. The van der Waals surface area contributed by atoms with Crippen molar-refractivity contribution in [3.05, 3.63) is 0 Å². The minimum atomic E-state index is -0.847. The minimum Gasteiger partial charge on any atom is -0.481 e. The maximum Gasteiger partial charge on any atom is 0.303 e. The van der Waals surface area contributed by atoms with Gasteiger partial charge in [-0.15, -0.1) is 0 Å². The van der Waals surface area contributed by atoms with Gasteiger partial charge in [-0.3, -0.25) is 9.59 Å². The second-order valence-corrected chi connectivity index (χ2v) is 5.93. The normalized spacial score (nSPS) is 12.3. The van der Waals surface area contributed by atoms with E-state index in [9.17, 15) is 9.59 Å². The van der Waals surface area contributed by atoms with Crippen LogP contribution in [0, 0.1) is 0 Å². The lowest BCUT2D eigenvalue weighted by Gasteiger charge is -2.27. The zero-order valence-electron chi connectivity index (χ0n) is 11.4. The smallest absolute Gasteiger partial charge is 0.303 e. The van der Waals surface area contributed by atoms with E-state index in [-0.39, 0.29) is 24.4 Å². The van der Waals surface area contributed by atoms with E-state index >= 15 is 0 Å². The number of aliphatic carboxylic acids is 1. The van der Waals surface area contributed by atoms with Crippen molar-refractivity contribution in [2.24, 2.45) is 0 Å². The van der Waals surface area contributed by atoms with Gasteiger partial charge in [-0.05, 0) is 41.0 Å². The van der Waals surface area contributed by atoms with Crippen LogP contribution in [0.4, 0.5) is 0 Å². The molecule has 0 aliphatic rings. The van der Waals surface area contributed by atoms with Gasteiger partial charge in [0.25, 0.3) is 0 Å². The lowest BCUT2D eigenvalue weighted by atomic mass is 9.98. The average molecular weight is 244 g/mol. The fourth-order valence-electron chi connectivity index (χ4n) is 1.25. The van der Waals surface area contributed by atoms with Crippen molar-refractivity contribution >= 4 is 11.9 Å². The van der Waals surface area contributed by atoms with Gasteiger partial charge in [0.15, 0.2) is 0 Å². The molecule has 0 saturated carbocycles. The molecule has 0 rings (SSSR count). The number of carboxylic acid groups (broad SMARTS) is 1. The molecule has 5 heteroatoms. The average Bonchev–Trinajstić information content (AvgIpc) is 2.10. The molecule has 0 fully saturated rings. The van der Waals surface area contributed by atoms with Crippen LogP contribution in [0.2, 0.25) is 0 Å². The molecular weight excluding hydrogens is 220 g/mol. The predicted octanol–water partition coefficient (Wildman–Crippen LogP) is 1.13. The number of hydrogen-bond acceptors (Lipinski definition) is 3. The first-order valence-corrected chi connectivity index (χ1v) is 5.80. The van der Waals surface area contributed by atoms with E-state index in [1.165, 1.54) is 0 Å². The third-order valence-electron chi connectivity index (χ3n) is 2.22. The molecule has 0 heterocycles. The second kappa shape index (κ2) is 6.00. The van der Waals surface area contributed by atoms with Crippen molar-refractivity contribution in [2.45, 2.75) is 58.5 Å². The molecule has 0 aromatic rings. The van der Waals surface area contributed by atoms with Crippen LogP contribution in [-0.4, -0.2) is 34.6 Å². The highest BCUT2D eigenvalue weighted by atomic mass is 16.4. The summed E-state index contributed by atoms with van der Waals surface area (Å²) in [7, 11) is 0. The largest absolute Gasteiger partial charge is 0.481 e. The Morgan fingerprint density at radius 1 is 1.12 bits per heavy atom. The molecule has 0 unspecified atom stereocenters. The maximum absolute atomic E-state index is 11.6. The van der Waals surface area contributed by atoms with E-state index in [0.717, 1.165) is 0 Å². The standard InChI is InChI=1S/C12H24N2O3/c1-11(2,3)13-8-9(15)14-12(4,5)7-6-10(16)17/h13H,6-8H2,1-5H3,(H,14,15)(H,16,17). The zero-order valence-corrected chi connectivity index (χ0v) is 11.4. The molecule has 3 N–H and O–H groups in total. The van der Waals surface area contributed by atoms with E-state index < -0.39 is 11.5 Å². The SMILES string of the molecule is CC(C)(C)NCC(=O)NC(C)(C)CCC(=O)O. The summed E-state index contributed by atoms with van der Waals surface area (Å²) < 4.78 is 0. The highest BCUT2D eigenvalue weighted by Gasteiger charge is 2.22. The Morgan fingerprint density at radius 2 is 1.65 bits per heavy atom. The molecule has 0 aromatic heterocycles. The quantitative estimate of drug-likeness (QED) is 0.654. The Bertz CT molecular complexity index is 280. The van der Waals surface area contributed by atoms with Crippen molar-refractivity contribution in [3.63, 3.8) is 0 Å². The number of hydrogen-bond donors (Lipinski definition) is 3. The third-order valence-corrected chi connectivity index (χ3v) is 2.22. The van der Waals surface area contributed by atoms with Gasteiger partial charge in [-0.1, -0.05) is 0 Å². The van der Waals surface area contributed by atoms with Crippen molar-refractivity contribution < 1.29 is 14.7 Å².